The maximum Gasteiger partial charge on any atom is 0.354 e. The van der Waals surface area contributed by atoms with Gasteiger partial charge in [0.25, 0.3) is 5.91 Å². The molecule has 2 saturated heterocycles. The topological polar surface area (TPSA) is 79.7 Å². The van der Waals surface area contributed by atoms with Gasteiger partial charge in [0.1, 0.15) is 5.69 Å². The van der Waals surface area contributed by atoms with Crippen LogP contribution < -0.4 is 0 Å². The molecule has 6 heteroatoms. The molecule has 0 aromatic carbocycles. The van der Waals surface area contributed by atoms with Crippen molar-refractivity contribution in [3.05, 3.63) is 29.6 Å². The molecule has 1 amide bonds. The van der Waals surface area contributed by atoms with Crippen molar-refractivity contribution in [2.45, 2.75) is 31.8 Å². The van der Waals surface area contributed by atoms with E-state index >= 15 is 0 Å². The molecule has 0 aliphatic carbocycles. The molecule has 0 bridgehead atoms. The Morgan fingerprint density at radius 2 is 2.05 bits per heavy atom. The van der Waals surface area contributed by atoms with Crippen molar-refractivity contribution in [2.75, 3.05) is 19.7 Å². The van der Waals surface area contributed by atoms with Crippen LogP contribution in [0.5, 0.6) is 0 Å². The number of hydrogen-bond acceptors (Lipinski definition) is 4. The SMILES string of the molecule is O=C(O)c1cc(C(=O)N2CCC(C3CCCO3)CC2)ccn1. The van der Waals surface area contributed by atoms with Crippen LogP contribution in [0.1, 0.15) is 46.5 Å². The second-order valence-electron chi connectivity index (χ2n) is 5.92. The molecule has 2 aliphatic heterocycles. The van der Waals surface area contributed by atoms with E-state index in [0.717, 1.165) is 32.3 Å². The van der Waals surface area contributed by atoms with Gasteiger partial charge in [-0.05, 0) is 43.7 Å². The van der Waals surface area contributed by atoms with E-state index in [0.29, 0.717) is 30.7 Å². The fourth-order valence-corrected chi connectivity index (χ4v) is 3.31. The van der Waals surface area contributed by atoms with Crippen LogP contribution in [0.2, 0.25) is 0 Å². The van der Waals surface area contributed by atoms with Gasteiger partial charge in [-0.1, -0.05) is 0 Å². The fourth-order valence-electron chi connectivity index (χ4n) is 3.31. The molecule has 1 atom stereocenters. The standard InChI is InChI=1S/C16H20N2O4/c19-15(12-3-6-17-13(10-12)16(20)21)18-7-4-11(5-8-18)14-2-1-9-22-14/h3,6,10-11,14H,1-2,4-5,7-9H2,(H,20,21). The molecule has 2 aliphatic rings. The van der Waals surface area contributed by atoms with Crippen LogP contribution in [0.3, 0.4) is 0 Å². The van der Waals surface area contributed by atoms with Crippen molar-refractivity contribution in [3.8, 4) is 0 Å². The molecule has 3 heterocycles. The van der Waals surface area contributed by atoms with E-state index in [9.17, 15) is 9.59 Å². The molecule has 0 radical (unpaired) electrons. The molecule has 1 N–H and O–H groups in total. The molecule has 118 valence electrons. The number of carboxylic acid groups (broad SMARTS) is 1. The summed E-state index contributed by atoms with van der Waals surface area (Å²) in [5.41, 5.74) is 0.294. The molecular weight excluding hydrogens is 284 g/mol. The molecule has 0 spiro atoms. The lowest BCUT2D eigenvalue weighted by atomic mass is 9.89. The van der Waals surface area contributed by atoms with Gasteiger partial charge in [0.05, 0.1) is 6.10 Å². The number of piperidine rings is 1. The molecule has 6 nitrogen and oxygen atoms in total. The van der Waals surface area contributed by atoms with Crippen molar-refractivity contribution < 1.29 is 19.4 Å². The number of carboxylic acids is 1. The highest BCUT2D eigenvalue weighted by molar-refractivity contribution is 5.96. The molecule has 3 rings (SSSR count). The maximum absolute atomic E-state index is 12.5. The number of aromatic carboxylic acids is 1. The summed E-state index contributed by atoms with van der Waals surface area (Å²) in [6, 6.07) is 2.91. The predicted octanol–water partition coefficient (Wildman–Crippen LogP) is 1.81. The first-order valence-corrected chi connectivity index (χ1v) is 7.75. The van der Waals surface area contributed by atoms with Crippen LogP contribution in [-0.2, 0) is 4.74 Å². The third kappa shape index (κ3) is 3.11. The van der Waals surface area contributed by atoms with Crippen molar-refractivity contribution in [1.29, 1.82) is 0 Å². The van der Waals surface area contributed by atoms with Gasteiger partial charge in [-0.15, -0.1) is 0 Å². The molecule has 2 fully saturated rings. The summed E-state index contributed by atoms with van der Waals surface area (Å²) in [5, 5.41) is 8.96. The summed E-state index contributed by atoms with van der Waals surface area (Å²) in [5.74, 6) is -0.694. The molecule has 1 aromatic rings. The summed E-state index contributed by atoms with van der Waals surface area (Å²) >= 11 is 0. The predicted molar refractivity (Wildman–Crippen MR) is 78.8 cm³/mol. The second-order valence-corrected chi connectivity index (χ2v) is 5.92. The van der Waals surface area contributed by atoms with Crippen LogP contribution in [-0.4, -0.2) is 52.7 Å². The Bertz CT molecular complexity index is 561. The number of ether oxygens (including phenoxy) is 1. The number of carbonyl (C=O) groups excluding carboxylic acids is 1. The maximum atomic E-state index is 12.5. The minimum Gasteiger partial charge on any atom is -0.477 e. The van der Waals surface area contributed by atoms with Crippen molar-refractivity contribution in [3.63, 3.8) is 0 Å². The van der Waals surface area contributed by atoms with Crippen LogP contribution in [0.4, 0.5) is 0 Å². The fraction of sp³-hybridized carbons (Fsp3) is 0.562. The zero-order valence-electron chi connectivity index (χ0n) is 12.4. The summed E-state index contributed by atoms with van der Waals surface area (Å²) in [6.45, 7) is 2.26. The summed E-state index contributed by atoms with van der Waals surface area (Å²) in [7, 11) is 0. The molecular formula is C16H20N2O4. The number of rotatable bonds is 3. The Hall–Kier alpha value is -1.95. The first-order valence-electron chi connectivity index (χ1n) is 7.75. The van der Waals surface area contributed by atoms with Gasteiger partial charge in [-0.3, -0.25) is 4.79 Å². The lowest BCUT2D eigenvalue weighted by Gasteiger charge is -2.34. The van der Waals surface area contributed by atoms with Crippen molar-refractivity contribution in [1.82, 2.24) is 9.88 Å². The van der Waals surface area contributed by atoms with E-state index < -0.39 is 5.97 Å². The first-order chi connectivity index (χ1) is 10.6. The number of likely N-dealkylation sites (tertiary alicyclic amines) is 1. The van der Waals surface area contributed by atoms with Crippen molar-refractivity contribution in [2.24, 2.45) is 5.92 Å². The average molecular weight is 304 g/mol. The minimum atomic E-state index is -1.12. The van der Waals surface area contributed by atoms with Crippen molar-refractivity contribution >= 4 is 11.9 Å². The number of amides is 1. The highest BCUT2D eigenvalue weighted by Crippen LogP contribution is 2.29. The Kier molecular flexibility index (Phi) is 4.38. The third-order valence-electron chi connectivity index (χ3n) is 4.54. The second kappa shape index (κ2) is 6.44. The summed E-state index contributed by atoms with van der Waals surface area (Å²) in [4.78, 5) is 29.0. The number of nitrogens with zero attached hydrogens (tertiary/aromatic N) is 2. The Morgan fingerprint density at radius 3 is 2.68 bits per heavy atom. The smallest absolute Gasteiger partial charge is 0.354 e. The number of aromatic nitrogens is 1. The Balaban J connectivity index is 1.62. The van der Waals surface area contributed by atoms with Gasteiger partial charge in [0.15, 0.2) is 0 Å². The van der Waals surface area contributed by atoms with Crippen LogP contribution >= 0.6 is 0 Å². The quantitative estimate of drug-likeness (QED) is 0.921. The van der Waals surface area contributed by atoms with Gasteiger partial charge in [-0.25, -0.2) is 9.78 Å². The summed E-state index contributed by atoms with van der Waals surface area (Å²) in [6.07, 6.45) is 5.90. The lowest BCUT2D eigenvalue weighted by Crippen LogP contribution is -2.41. The Labute approximate surface area is 129 Å². The van der Waals surface area contributed by atoms with E-state index in [1.54, 1.807) is 11.0 Å². The Morgan fingerprint density at radius 1 is 1.27 bits per heavy atom. The highest BCUT2D eigenvalue weighted by Gasteiger charge is 2.31. The number of carbonyl (C=O) groups is 2. The molecule has 1 aromatic heterocycles. The molecule has 1 unspecified atom stereocenters. The van der Waals surface area contributed by atoms with Gasteiger partial charge >= 0.3 is 5.97 Å². The molecule has 0 saturated carbocycles. The van der Waals surface area contributed by atoms with E-state index in [4.69, 9.17) is 9.84 Å². The van der Waals surface area contributed by atoms with Crippen LogP contribution in [0, 0.1) is 5.92 Å². The summed E-state index contributed by atoms with van der Waals surface area (Å²) < 4.78 is 5.74. The number of hydrogen-bond donors (Lipinski definition) is 1. The zero-order valence-corrected chi connectivity index (χ0v) is 12.4. The largest absolute Gasteiger partial charge is 0.477 e. The minimum absolute atomic E-state index is 0.0971. The number of pyridine rings is 1. The van der Waals surface area contributed by atoms with Gasteiger partial charge in [0.2, 0.25) is 0 Å². The highest BCUT2D eigenvalue weighted by atomic mass is 16.5. The van der Waals surface area contributed by atoms with Crippen LogP contribution in [0.25, 0.3) is 0 Å². The normalized spacial score (nSPS) is 22.7. The molecule has 22 heavy (non-hydrogen) atoms. The van der Waals surface area contributed by atoms with E-state index in [1.807, 2.05) is 0 Å². The third-order valence-corrected chi connectivity index (χ3v) is 4.54. The van der Waals surface area contributed by atoms with E-state index in [2.05, 4.69) is 4.98 Å². The van der Waals surface area contributed by atoms with E-state index in [-0.39, 0.29) is 11.6 Å². The van der Waals surface area contributed by atoms with Crippen LogP contribution in [0.15, 0.2) is 18.3 Å². The van der Waals surface area contributed by atoms with Gasteiger partial charge < -0.3 is 14.7 Å². The lowest BCUT2D eigenvalue weighted by molar-refractivity contribution is 0.0291. The monoisotopic (exact) mass is 304 g/mol. The zero-order chi connectivity index (χ0) is 15.5. The van der Waals surface area contributed by atoms with Gasteiger partial charge in [-0.2, -0.15) is 0 Å². The van der Waals surface area contributed by atoms with Gasteiger partial charge in [0, 0.05) is 31.5 Å². The van der Waals surface area contributed by atoms with E-state index in [1.165, 1.54) is 12.3 Å². The average Bonchev–Trinajstić information content (AvgIpc) is 3.09. The first kappa shape index (κ1) is 15.0.